The summed E-state index contributed by atoms with van der Waals surface area (Å²) in [6, 6.07) is 0. The molecule has 0 nitrogen and oxygen atoms in total. The van der Waals surface area contributed by atoms with Crippen molar-refractivity contribution in [3.63, 3.8) is 0 Å². The molecule has 0 bridgehead atoms. The minimum atomic E-state index is 0. The van der Waals surface area contributed by atoms with Crippen LogP contribution in [0.4, 0.5) is 0 Å². The Kier molecular flexibility index (Phi) is 134000. The van der Waals surface area contributed by atoms with Crippen molar-refractivity contribution in [2.24, 2.45) is 0 Å². The first-order valence-corrected chi connectivity index (χ1v) is 0. The topological polar surface area (TPSA) is 0 Å². The van der Waals surface area contributed by atoms with E-state index in [1.54, 1.807) is 0 Å². The summed E-state index contributed by atoms with van der Waals surface area (Å²) in [6.45, 7) is 0. The smallest absolute Gasteiger partial charge is 1.00 e. The summed E-state index contributed by atoms with van der Waals surface area (Å²) in [5.74, 6) is 0. The molecule has 0 spiro atoms. The Bertz CT molecular complexity index is 9.22. The minimum Gasteiger partial charge on any atom is -1.00 e. The predicted octanol–water partition coefficient (Wildman–Crippen LogP) is -24.4. The average molecular weight is 463 g/mol. The largest absolute Gasteiger partial charge is 4.00 e. The fraction of sp³-hybridized carbons (Fsp3) is 0. The first-order valence-electron chi connectivity index (χ1n) is 0. The van der Waals surface area contributed by atoms with E-state index in [2.05, 4.69) is 0 Å². The third kappa shape index (κ3) is 701. The van der Waals surface area contributed by atoms with Crippen LogP contribution < -0.4 is 37.6 Å². The van der Waals surface area contributed by atoms with Gasteiger partial charge in [-0.15, -0.1) is 0 Å². The van der Waals surface area contributed by atoms with Gasteiger partial charge in [0.15, 0.2) is 0 Å². The van der Waals surface area contributed by atoms with Crippen LogP contribution in [0.3, 0.4) is 0 Å². The van der Waals surface area contributed by atoms with Crippen molar-refractivity contribution < 1.29 is 57.7 Å². The molecular weight excluding hydrogens is 463 g/mol. The van der Waals surface area contributed by atoms with Gasteiger partial charge in [-0.3, -0.25) is 0 Å². The SMILES string of the molecule is [F-].[F-].[F-].[F-].[F-].[F-].[F-].[F-].[Ir].[Sn+4]. The first-order chi connectivity index (χ1) is 0. The van der Waals surface area contributed by atoms with Crippen molar-refractivity contribution >= 4 is 23.9 Å². The Labute approximate surface area is 81.8 Å². The molecule has 0 atom stereocenters. The molecule has 73 valence electrons. The van der Waals surface area contributed by atoms with E-state index in [0.717, 1.165) is 0 Å². The van der Waals surface area contributed by atoms with Crippen molar-refractivity contribution in [2.75, 3.05) is 0 Å². The van der Waals surface area contributed by atoms with E-state index >= 15 is 0 Å². The van der Waals surface area contributed by atoms with Crippen LogP contribution in [0.1, 0.15) is 0 Å². The molecule has 0 N–H and O–H groups in total. The monoisotopic (exact) mass is 465 g/mol. The van der Waals surface area contributed by atoms with Crippen molar-refractivity contribution in [2.45, 2.75) is 0 Å². The molecule has 0 aliphatic carbocycles. The van der Waals surface area contributed by atoms with E-state index in [0.29, 0.717) is 0 Å². The molecule has 0 aromatic rings. The van der Waals surface area contributed by atoms with Gasteiger partial charge >= 0.3 is 23.9 Å². The maximum Gasteiger partial charge on any atom is 4.00 e. The Hall–Kier alpha value is 0.888. The Morgan fingerprint density at radius 1 is 0.300 bits per heavy atom. The standard InChI is InChI=1S/8FH.Ir.Sn/h8*1H;;/q;;;;;;;;;+4/p-8. The van der Waals surface area contributed by atoms with Crippen LogP contribution in [0.5, 0.6) is 0 Å². The molecule has 0 aliphatic heterocycles. The average Bonchev–Trinajstić information content (AvgIpc) is 0. The van der Waals surface area contributed by atoms with E-state index < -0.39 is 0 Å². The minimum absolute atomic E-state index is 0. The summed E-state index contributed by atoms with van der Waals surface area (Å²) >= 11 is 0. The van der Waals surface area contributed by atoms with Crippen LogP contribution in [-0.2, 0) is 20.1 Å². The normalized spacial score (nSPS) is 0. The van der Waals surface area contributed by atoms with Crippen LogP contribution in [0, 0.1) is 0 Å². The van der Waals surface area contributed by atoms with E-state index in [4.69, 9.17) is 0 Å². The number of rotatable bonds is 0. The molecule has 0 aromatic carbocycles. The second-order valence-corrected chi connectivity index (χ2v) is 0. The summed E-state index contributed by atoms with van der Waals surface area (Å²) < 4.78 is 0. The van der Waals surface area contributed by atoms with E-state index in [9.17, 15) is 0 Å². The molecular formula is F8IrSn-4. The number of hydrogen-bond acceptors (Lipinski definition) is 0. The van der Waals surface area contributed by atoms with Crippen LogP contribution >= 0.6 is 0 Å². The van der Waals surface area contributed by atoms with Gasteiger partial charge in [0.2, 0.25) is 0 Å². The molecule has 0 heterocycles. The summed E-state index contributed by atoms with van der Waals surface area (Å²) in [6.07, 6.45) is 0. The van der Waals surface area contributed by atoms with Crippen LogP contribution in [-0.4, -0.2) is 23.9 Å². The molecule has 0 saturated heterocycles. The second kappa shape index (κ2) is 990. The van der Waals surface area contributed by atoms with Crippen LogP contribution in [0.15, 0.2) is 0 Å². The fourth-order valence-electron chi connectivity index (χ4n) is 0. The first kappa shape index (κ1) is 1350. The molecule has 0 amide bonds. The third-order valence-electron chi connectivity index (χ3n) is 0. The van der Waals surface area contributed by atoms with Gasteiger partial charge in [-0.2, -0.15) is 0 Å². The molecule has 10 heavy (non-hydrogen) atoms. The van der Waals surface area contributed by atoms with Crippen molar-refractivity contribution in [1.82, 2.24) is 0 Å². The summed E-state index contributed by atoms with van der Waals surface area (Å²) in [5.41, 5.74) is 0. The molecule has 0 saturated carbocycles. The Balaban J connectivity index is 0. The van der Waals surface area contributed by atoms with Crippen molar-refractivity contribution in [3.8, 4) is 0 Å². The van der Waals surface area contributed by atoms with Gasteiger partial charge in [0.1, 0.15) is 0 Å². The number of hydrogen-bond donors (Lipinski definition) is 0. The maximum absolute atomic E-state index is 0. The van der Waals surface area contributed by atoms with Gasteiger partial charge in [0.05, 0.1) is 0 Å². The fourth-order valence-corrected chi connectivity index (χ4v) is 0. The van der Waals surface area contributed by atoms with Crippen LogP contribution in [0.2, 0.25) is 0 Å². The van der Waals surface area contributed by atoms with Gasteiger partial charge in [0, 0.05) is 20.1 Å². The Morgan fingerprint density at radius 2 is 0.300 bits per heavy atom. The van der Waals surface area contributed by atoms with Crippen molar-refractivity contribution in [1.29, 1.82) is 0 Å². The third-order valence-corrected chi connectivity index (χ3v) is 0. The molecule has 0 aliphatic rings. The zero-order valence-corrected chi connectivity index (χ0v) is 9.11. The summed E-state index contributed by atoms with van der Waals surface area (Å²) in [7, 11) is 0. The summed E-state index contributed by atoms with van der Waals surface area (Å²) in [4.78, 5) is 0. The van der Waals surface area contributed by atoms with E-state index in [1.165, 1.54) is 0 Å². The maximum atomic E-state index is 0. The van der Waals surface area contributed by atoms with E-state index in [1.807, 2.05) is 0 Å². The van der Waals surface area contributed by atoms with Gasteiger partial charge < -0.3 is 37.6 Å². The quantitative estimate of drug-likeness (QED) is 0.248. The molecule has 0 rings (SSSR count). The van der Waals surface area contributed by atoms with Gasteiger partial charge in [0.25, 0.3) is 0 Å². The second-order valence-electron chi connectivity index (χ2n) is 0. The van der Waals surface area contributed by atoms with Gasteiger partial charge in [-0.1, -0.05) is 0 Å². The Morgan fingerprint density at radius 3 is 0.300 bits per heavy atom. The van der Waals surface area contributed by atoms with Crippen molar-refractivity contribution in [3.05, 3.63) is 0 Å². The molecule has 10 heteroatoms. The van der Waals surface area contributed by atoms with Gasteiger partial charge in [-0.05, 0) is 0 Å². The van der Waals surface area contributed by atoms with Gasteiger partial charge in [-0.25, -0.2) is 0 Å². The molecule has 0 fully saturated rings. The predicted molar refractivity (Wildman–Crippen MR) is 5.75 cm³/mol. The molecule has 0 unspecified atom stereocenters. The summed E-state index contributed by atoms with van der Waals surface area (Å²) in [5, 5.41) is 0. The zero-order valence-electron chi connectivity index (χ0n) is 3.86. The molecule has 1 radical (unpaired) electrons. The zero-order chi connectivity index (χ0) is 0. The van der Waals surface area contributed by atoms with Crippen LogP contribution in [0.25, 0.3) is 0 Å². The van der Waals surface area contributed by atoms with E-state index in [-0.39, 0.29) is 81.6 Å². The molecule has 0 aromatic heterocycles. The number of halogens is 8.